The smallest absolute Gasteiger partial charge is 0.343 e. The Kier molecular flexibility index (Phi) is 9.30. The van der Waals surface area contributed by atoms with Gasteiger partial charge in [-0.15, -0.1) is 0 Å². The normalized spacial score (nSPS) is 20.1. The van der Waals surface area contributed by atoms with Crippen LogP contribution in [0.15, 0.2) is 36.7 Å². The molecule has 2 fully saturated rings. The summed E-state index contributed by atoms with van der Waals surface area (Å²) in [7, 11) is 1.65. The molecule has 1 aliphatic carbocycles. The molecule has 1 aromatic heterocycles. The number of rotatable bonds is 7. The van der Waals surface area contributed by atoms with Gasteiger partial charge in [-0.2, -0.15) is 26.3 Å². The molecule has 6 nitrogen and oxygen atoms in total. The molecule has 41 heavy (non-hydrogen) atoms. The maximum Gasteiger partial charge on any atom is 0.416 e. The van der Waals surface area contributed by atoms with E-state index in [0.717, 1.165) is 32.1 Å². The number of amides is 2. The van der Waals surface area contributed by atoms with E-state index < -0.39 is 41.6 Å². The molecule has 1 aliphatic heterocycles. The number of carbonyl (C=O) groups is 2. The van der Waals surface area contributed by atoms with Crippen LogP contribution in [0.25, 0.3) is 11.1 Å². The number of halogens is 6. The summed E-state index contributed by atoms with van der Waals surface area (Å²) in [4.78, 5) is 32.5. The van der Waals surface area contributed by atoms with Crippen molar-refractivity contribution >= 4 is 11.8 Å². The second kappa shape index (κ2) is 12.4. The van der Waals surface area contributed by atoms with E-state index in [1.165, 1.54) is 18.5 Å². The SMILES string of the molecule is CNC(C)C(=O)NC(C(=O)N1CCCC1c1cncc(-c2cc(C(F)(F)F)cc(C(F)(F)F)c2)c1)C1CCCCC1. The Morgan fingerprint density at radius 2 is 1.51 bits per heavy atom. The van der Waals surface area contributed by atoms with Crippen molar-refractivity contribution in [1.82, 2.24) is 20.5 Å². The van der Waals surface area contributed by atoms with Crippen LogP contribution < -0.4 is 10.6 Å². The molecule has 1 aromatic carbocycles. The zero-order valence-corrected chi connectivity index (χ0v) is 22.9. The molecule has 2 amide bonds. The molecule has 2 heterocycles. The van der Waals surface area contributed by atoms with Gasteiger partial charge in [-0.25, -0.2) is 0 Å². The summed E-state index contributed by atoms with van der Waals surface area (Å²) >= 11 is 0. The highest BCUT2D eigenvalue weighted by Gasteiger charge is 2.40. The van der Waals surface area contributed by atoms with Crippen molar-refractivity contribution in [3.05, 3.63) is 53.3 Å². The summed E-state index contributed by atoms with van der Waals surface area (Å²) in [6.07, 6.45) is -1.47. The second-order valence-corrected chi connectivity index (χ2v) is 10.9. The molecule has 3 atom stereocenters. The van der Waals surface area contributed by atoms with Crippen molar-refractivity contribution in [3.63, 3.8) is 0 Å². The Bertz CT molecular complexity index is 1210. The van der Waals surface area contributed by atoms with E-state index in [1.807, 2.05) is 0 Å². The van der Waals surface area contributed by atoms with Gasteiger partial charge >= 0.3 is 12.4 Å². The fourth-order valence-electron chi connectivity index (χ4n) is 5.73. The van der Waals surface area contributed by atoms with Crippen molar-refractivity contribution < 1.29 is 35.9 Å². The number of hydrogen-bond donors (Lipinski definition) is 2. The molecular weight excluding hydrogens is 550 g/mol. The highest BCUT2D eigenvalue weighted by atomic mass is 19.4. The first-order valence-electron chi connectivity index (χ1n) is 13.8. The van der Waals surface area contributed by atoms with Gasteiger partial charge in [-0.1, -0.05) is 19.3 Å². The zero-order chi connectivity index (χ0) is 29.9. The lowest BCUT2D eigenvalue weighted by molar-refractivity contribution is -0.143. The molecule has 2 N–H and O–H groups in total. The average molecular weight is 585 g/mol. The average Bonchev–Trinajstić information content (AvgIpc) is 3.44. The van der Waals surface area contributed by atoms with Crippen LogP contribution in [0.1, 0.15) is 74.6 Å². The first-order valence-corrected chi connectivity index (χ1v) is 13.8. The number of nitrogens with zero attached hydrogens (tertiary/aromatic N) is 2. The first kappa shape index (κ1) is 30.8. The summed E-state index contributed by atoms with van der Waals surface area (Å²) in [6, 6.07) is 1.22. The van der Waals surface area contributed by atoms with Gasteiger partial charge in [0, 0.05) is 24.5 Å². The number of alkyl halides is 6. The molecule has 12 heteroatoms. The molecule has 2 aliphatic rings. The van der Waals surface area contributed by atoms with Crippen LogP contribution in [-0.2, 0) is 21.9 Å². The number of benzene rings is 1. The molecule has 0 spiro atoms. The summed E-state index contributed by atoms with van der Waals surface area (Å²) in [5.41, 5.74) is -2.50. The molecule has 0 radical (unpaired) electrons. The maximum atomic E-state index is 14.0. The van der Waals surface area contributed by atoms with Gasteiger partial charge in [0.05, 0.1) is 23.2 Å². The van der Waals surface area contributed by atoms with Gasteiger partial charge < -0.3 is 15.5 Å². The van der Waals surface area contributed by atoms with E-state index >= 15 is 0 Å². The molecular formula is C29H34F6N4O2. The van der Waals surface area contributed by atoms with Gasteiger partial charge in [0.25, 0.3) is 0 Å². The Morgan fingerprint density at radius 3 is 2.10 bits per heavy atom. The predicted octanol–water partition coefficient (Wildman–Crippen LogP) is 6.12. The van der Waals surface area contributed by atoms with Crippen LogP contribution in [0.4, 0.5) is 26.3 Å². The number of carbonyl (C=O) groups excluding carboxylic acids is 2. The second-order valence-electron chi connectivity index (χ2n) is 10.9. The maximum absolute atomic E-state index is 14.0. The Balaban J connectivity index is 1.66. The Labute approximate surface area is 234 Å². The zero-order valence-electron chi connectivity index (χ0n) is 22.9. The summed E-state index contributed by atoms with van der Waals surface area (Å²) in [5.74, 6) is -0.554. The molecule has 2 aromatic rings. The van der Waals surface area contributed by atoms with Crippen LogP contribution in [0, 0.1) is 5.92 Å². The molecule has 1 saturated carbocycles. The largest absolute Gasteiger partial charge is 0.416 e. The van der Waals surface area contributed by atoms with Crippen molar-refractivity contribution in [3.8, 4) is 11.1 Å². The minimum atomic E-state index is -4.97. The number of aromatic nitrogens is 1. The third-order valence-corrected chi connectivity index (χ3v) is 8.11. The minimum Gasteiger partial charge on any atom is -0.343 e. The number of likely N-dealkylation sites (tertiary alicyclic amines) is 1. The quantitative estimate of drug-likeness (QED) is 0.385. The van der Waals surface area contributed by atoms with Crippen LogP contribution in [0.2, 0.25) is 0 Å². The van der Waals surface area contributed by atoms with Gasteiger partial charge in [0.15, 0.2) is 0 Å². The van der Waals surface area contributed by atoms with Crippen molar-refractivity contribution in [1.29, 1.82) is 0 Å². The van der Waals surface area contributed by atoms with Gasteiger partial charge in [-0.3, -0.25) is 14.6 Å². The number of hydrogen-bond acceptors (Lipinski definition) is 4. The fraction of sp³-hybridized carbons (Fsp3) is 0.552. The standard InChI is InChI=1S/C29H34F6N4O2/c1-17(36-2)26(40)38-25(18-7-4-3-5-8-18)27(41)39-10-6-9-24(39)21-11-20(15-37-16-21)19-12-22(28(30,31)32)14-23(13-19)29(33,34)35/h11-18,24-25,36H,3-10H2,1-2H3,(H,38,40). The summed E-state index contributed by atoms with van der Waals surface area (Å²) < 4.78 is 80.7. The number of likely N-dealkylation sites (N-methyl/N-ethyl adjacent to an activating group) is 1. The summed E-state index contributed by atoms with van der Waals surface area (Å²) in [5, 5.41) is 5.82. The van der Waals surface area contributed by atoms with E-state index in [9.17, 15) is 35.9 Å². The Hall–Kier alpha value is -3.15. The lowest BCUT2D eigenvalue weighted by Gasteiger charge is -2.35. The molecule has 1 saturated heterocycles. The summed E-state index contributed by atoms with van der Waals surface area (Å²) in [6.45, 7) is 2.11. The third kappa shape index (κ3) is 7.20. The van der Waals surface area contributed by atoms with Crippen LogP contribution >= 0.6 is 0 Å². The highest BCUT2D eigenvalue weighted by Crippen LogP contribution is 2.40. The molecule has 0 bridgehead atoms. The first-order chi connectivity index (χ1) is 19.3. The van der Waals surface area contributed by atoms with E-state index in [2.05, 4.69) is 15.6 Å². The lowest BCUT2D eigenvalue weighted by atomic mass is 9.83. The van der Waals surface area contributed by atoms with E-state index in [4.69, 9.17) is 0 Å². The molecule has 224 valence electrons. The third-order valence-electron chi connectivity index (χ3n) is 8.11. The monoisotopic (exact) mass is 584 g/mol. The lowest BCUT2D eigenvalue weighted by Crippen LogP contribution is -2.55. The van der Waals surface area contributed by atoms with E-state index in [-0.39, 0.29) is 34.9 Å². The fourth-order valence-corrected chi connectivity index (χ4v) is 5.73. The van der Waals surface area contributed by atoms with Crippen molar-refractivity contribution in [2.75, 3.05) is 13.6 Å². The van der Waals surface area contributed by atoms with Crippen molar-refractivity contribution in [2.24, 2.45) is 5.92 Å². The van der Waals surface area contributed by atoms with Crippen LogP contribution in [0.3, 0.4) is 0 Å². The topological polar surface area (TPSA) is 74.3 Å². The number of pyridine rings is 1. The molecule has 3 unspecified atom stereocenters. The van der Waals surface area contributed by atoms with Gasteiger partial charge in [0.1, 0.15) is 6.04 Å². The Morgan fingerprint density at radius 1 is 0.878 bits per heavy atom. The minimum absolute atomic E-state index is 0.0270. The van der Waals surface area contributed by atoms with Gasteiger partial charge in [0.2, 0.25) is 11.8 Å². The van der Waals surface area contributed by atoms with Crippen LogP contribution in [-0.4, -0.2) is 47.4 Å². The number of nitrogens with one attached hydrogen (secondary N) is 2. The van der Waals surface area contributed by atoms with E-state index in [0.29, 0.717) is 37.1 Å². The van der Waals surface area contributed by atoms with Crippen molar-refractivity contribution in [2.45, 2.75) is 82.3 Å². The highest BCUT2D eigenvalue weighted by molar-refractivity contribution is 5.90. The molecule has 4 rings (SSSR count). The van der Waals surface area contributed by atoms with Crippen LogP contribution in [0.5, 0.6) is 0 Å². The van der Waals surface area contributed by atoms with E-state index in [1.54, 1.807) is 18.9 Å². The predicted molar refractivity (Wildman–Crippen MR) is 140 cm³/mol. The van der Waals surface area contributed by atoms with Gasteiger partial charge in [-0.05, 0) is 81.0 Å².